The number of carbonyl (C=O) groups is 1. The van der Waals surface area contributed by atoms with Crippen molar-refractivity contribution in [2.24, 2.45) is 0 Å². The van der Waals surface area contributed by atoms with Crippen molar-refractivity contribution in [3.8, 4) is 5.75 Å². The topological polar surface area (TPSA) is 84.2 Å². The fourth-order valence-electron chi connectivity index (χ4n) is 3.23. The number of nitrogens with zero attached hydrogens (tertiary/aromatic N) is 2. The van der Waals surface area contributed by atoms with E-state index in [2.05, 4.69) is 17.2 Å². The average molecular weight is 379 g/mol. The zero-order valence-corrected chi connectivity index (χ0v) is 16.2. The van der Waals surface area contributed by atoms with E-state index in [0.29, 0.717) is 23.3 Å². The molecular weight excluding hydrogens is 354 g/mol. The van der Waals surface area contributed by atoms with Gasteiger partial charge in [0.05, 0.1) is 5.52 Å². The van der Waals surface area contributed by atoms with Crippen molar-refractivity contribution >= 4 is 22.6 Å². The minimum absolute atomic E-state index is 0.253. The Labute approximate surface area is 163 Å². The molecule has 146 valence electrons. The fourth-order valence-corrected chi connectivity index (χ4v) is 3.23. The van der Waals surface area contributed by atoms with Crippen LogP contribution in [-0.2, 0) is 6.54 Å². The number of hydrogen-bond donors (Lipinski definition) is 2. The van der Waals surface area contributed by atoms with Gasteiger partial charge in [0.2, 0.25) is 0 Å². The smallest absolute Gasteiger partial charge is 0.267 e. The average Bonchev–Trinajstić information content (AvgIpc) is 2.69. The Bertz CT molecular complexity index is 1040. The Morgan fingerprint density at radius 2 is 1.93 bits per heavy atom. The predicted octanol–water partition coefficient (Wildman–Crippen LogP) is 4.24. The van der Waals surface area contributed by atoms with E-state index in [1.165, 1.54) is 0 Å². The third-order valence-corrected chi connectivity index (χ3v) is 4.76. The second-order valence-corrected chi connectivity index (χ2v) is 6.93. The van der Waals surface area contributed by atoms with Crippen LogP contribution in [0.5, 0.6) is 5.75 Å². The number of amides is 1. The number of nitrogens with one attached hydrogen (secondary N) is 1. The zero-order valence-electron chi connectivity index (χ0n) is 16.2. The lowest BCUT2D eigenvalue weighted by Crippen LogP contribution is -2.30. The van der Waals surface area contributed by atoms with Crippen LogP contribution in [0.2, 0.25) is 0 Å². The molecule has 1 aromatic carbocycles. The number of para-hydroxylation sites is 1. The van der Waals surface area contributed by atoms with Crippen LogP contribution in [-0.4, -0.2) is 20.6 Å². The van der Waals surface area contributed by atoms with E-state index in [9.17, 15) is 14.7 Å². The Morgan fingerprint density at radius 1 is 1.14 bits per heavy atom. The SMILES string of the molecule is CCCCCCn1c(=O)c(C(=O)Nc2ccc(C)cn2)c(O)c2ccccc21. The third-order valence-electron chi connectivity index (χ3n) is 4.76. The lowest BCUT2D eigenvalue weighted by molar-refractivity contribution is 0.102. The summed E-state index contributed by atoms with van der Waals surface area (Å²) in [5, 5.41) is 13.8. The molecule has 0 atom stereocenters. The molecule has 0 saturated carbocycles. The molecule has 3 aromatic rings. The van der Waals surface area contributed by atoms with Crippen LogP contribution >= 0.6 is 0 Å². The van der Waals surface area contributed by atoms with Gasteiger partial charge in [0.1, 0.15) is 17.1 Å². The number of hydrogen-bond acceptors (Lipinski definition) is 4. The molecule has 0 aliphatic rings. The first-order valence-corrected chi connectivity index (χ1v) is 9.61. The van der Waals surface area contributed by atoms with Crippen molar-refractivity contribution < 1.29 is 9.90 Å². The maximum absolute atomic E-state index is 13.1. The molecule has 0 spiro atoms. The summed E-state index contributed by atoms with van der Waals surface area (Å²) in [7, 11) is 0. The molecule has 0 unspecified atom stereocenters. The van der Waals surface area contributed by atoms with E-state index >= 15 is 0 Å². The Kier molecular flexibility index (Phi) is 6.09. The van der Waals surface area contributed by atoms with Crippen LogP contribution < -0.4 is 10.9 Å². The van der Waals surface area contributed by atoms with Crippen LogP contribution in [0.4, 0.5) is 5.82 Å². The van der Waals surface area contributed by atoms with Crippen molar-refractivity contribution in [2.45, 2.75) is 46.1 Å². The van der Waals surface area contributed by atoms with E-state index in [-0.39, 0.29) is 11.3 Å². The quantitative estimate of drug-likeness (QED) is 0.601. The maximum Gasteiger partial charge on any atom is 0.267 e. The van der Waals surface area contributed by atoms with Gasteiger partial charge in [-0.1, -0.05) is 44.4 Å². The number of pyridine rings is 2. The summed E-state index contributed by atoms with van der Waals surface area (Å²) < 4.78 is 1.59. The van der Waals surface area contributed by atoms with Gasteiger partial charge in [-0.2, -0.15) is 0 Å². The van der Waals surface area contributed by atoms with E-state index in [1.54, 1.807) is 35.0 Å². The largest absolute Gasteiger partial charge is 0.506 e. The van der Waals surface area contributed by atoms with Crippen LogP contribution in [0.3, 0.4) is 0 Å². The molecule has 1 amide bonds. The molecule has 0 aliphatic carbocycles. The van der Waals surface area contributed by atoms with Gasteiger partial charge < -0.3 is 15.0 Å². The van der Waals surface area contributed by atoms with Gasteiger partial charge in [0.15, 0.2) is 0 Å². The van der Waals surface area contributed by atoms with E-state index < -0.39 is 11.5 Å². The van der Waals surface area contributed by atoms with E-state index in [4.69, 9.17) is 0 Å². The zero-order chi connectivity index (χ0) is 20.1. The van der Waals surface area contributed by atoms with Crippen molar-refractivity contribution in [1.82, 2.24) is 9.55 Å². The molecule has 28 heavy (non-hydrogen) atoms. The Hall–Kier alpha value is -3.15. The van der Waals surface area contributed by atoms with Crippen molar-refractivity contribution in [2.75, 3.05) is 5.32 Å². The normalized spacial score (nSPS) is 10.9. The second-order valence-electron chi connectivity index (χ2n) is 6.93. The fraction of sp³-hybridized carbons (Fsp3) is 0.318. The van der Waals surface area contributed by atoms with Crippen molar-refractivity contribution in [3.63, 3.8) is 0 Å². The number of benzene rings is 1. The summed E-state index contributed by atoms with van der Waals surface area (Å²) in [6, 6.07) is 10.6. The van der Waals surface area contributed by atoms with Gasteiger partial charge in [-0.15, -0.1) is 0 Å². The summed E-state index contributed by atoms with van der Waals surface area (Å²) in [5.41, 5.74) is 0.848. The molecule has 3 rings (SSSR count). The third kappa shape index (κ3) is 4.06. The highest BCUT2D eigenvalue weighted by molar-refractivity contribution is 6.08. The highest BCUT2D eigenvalue weighted by atomic mass is 16.3. The monoisotopic (exact) mass is 379 g/mol. The highest BCUT2D eigenvalue weighted by Crippen LogP contribution is 2.27. The Morgan fingerprint density at radius 3 is 2.64 bits per heavy atom. The summed E-state index contributed by atoms with van der Waals surface area (Å²) in [4.78, 5) is 30.0. The van der Waals surface area contributed by atoms with Gasteiger partial charge in [-0.05, 0) is 37.1 Å². The van der Waals surface area contributed by atoms with Gasteiger partial charge >= 0.3 is 0 Å². The molecule has 0 fully saturated rings. The summed E-state index contributed by atoms with van der Waals surface area (Å²) >= 11 is 0. The first-order valence-electron chi connectivity index (χ1n) is 9.61. The Balaban J connectivity index is 2.02. The molecule has 2 N–H and O–H groups in total. The summed E-state index contributed by atoms with van der Waals surface area (Å²) in [5.74, 6) is -0.626. The van der Waals surface area contributed by atoms with Gasteiger partial charge in [0, 0.05) is 18.1 Å². The molecule has 0 radical (unpaired) electrons. The summed E-state index contributed by atoms with van der Waals surface area (Å²) in [6.45, 7) is 4.53. The second kappa shape index (κ2) is 8.69. The number of aromatic hydroxyl groups is 1. The molecule has 2 heterocycles. The lowest BCUT2D eigenvalue weighted by Gasteiger charge is -2.15. The highest BCUT2D eigenvalue weighted by Gasteiger charge is 2.22. The number of aromatic nitrogens is 2. The molecule has 0 saturated heterocycles. The number of unbranched alkanes of at least 4 members (excludes halogenated alkanes) is 3. The number of fused-ring (bicyclic) bond motifs is 1. The van der Waals surface area contributed by atoms with E-state index in [0.717, 1.165) is 31.2 Å². The predicted molar refractivity (Wildman–Crippen MR) is 111 cm³/mol. The molecule has 0 bridgehead atoms. The van der Waals surface area contributed by atoms with Gasteiger partial charge in [-0.3, -0.25) is 9.59 Å². The van der Waals surface area contributed by atoms with Crippen molar-refractivity contribution in [3.05, 3.63) is 64.1 Å². The van der Waals surface area contributed by atoms with Crippen LogP contribution in [0.25, 0.3) is 10.9 Å². The first kappa shape index (κ1) is 19.6. The molecular formula is C22H25N3O3. The number of rotatable bonds is 7. The molecule has 6 nitrogen and oxygen atoms in total. The lowest BCUT2D eigenvalue weighted by atomic mass is 10.1. The van der Waals surface area contributed by atoms with E-state index in [1.807, 2.05) is 19.1 Å². The standard InChI is InChI=1S/C22H25N3O3/c1-3-4-5-8-13-25-17-10-7-6-9-16(17)20(26)19(22(25)28)21(27)24-18-12-11-15(2)14-23-18/h6-7,9-12,14,26H,3-5,8,13H2,1-2H3,(H,23,24,27). The van der Waals surface area contributed by atoms with Gasteiger partial charge in [-0.25, -0.2) is 4.98 Å². The molecule has 6 heteroatoms. The van der Waals surface area contributed by atoms with Crippen LogP contribution in [0.1, 0.15) is 48.5 Å². The van der Waals surface area contributed by atoms with Crippen LogP contribution in [0, 0.1) is 6.92 Å². The number of aryl methyl sites for hydroxylation is 2. The minimum Gasteiger partial charge on any atom is -0.506 e. The maximum atomic E-state index is 13.1. The number of carbonyl (C=O) groups excluding carboxylic acids is 1. The first-order chi connectivity index (χ1) is 13.5. The van der Waals surface area contributed by atoms with Crippen molar-refractivity contribution in [1.29, 1.82) is 0 Å². The molecule has 0 aliphatic heterocycles. The minimum atomic E-state index is -0.660. The van der Waals surface area contributed by atoms with Crippen LogP contribution in [0.15, 0.2) is 47.4 Å². The number of anilines is 1. The summed E-state index contributed by atoms with van der Waals surface area (Å²) in [6.07, 6.45) is 5.66. The van der Waals surface area contributed by atoms with Gasteiger partial charge in [0.25, 0.3) is 11.5 Å². The molecule has 2 aromatic heterocycles.